The topological polar surface area (TPSA) is 18.5 Å². The van der Waals surface area contributed by atoms with E-state index in [4.69, 9.17) is 0 Å². The van der Waals surface area contributed by atoms with Crippen LogP contribution < -0.4 is 5.32 Å². The Kier molecular flexibility index (Phi) is 4.22. The zero-order valence-corrected chi connectivity index (χ0v) is 11.9. The third-order valence-corrected chi connectivity index (χ3v) is 5.31. The predicted octanol–water partition coefficient (Wildman–Crippen LogP) is 1.69. The van der Waals surface area contributed by atoms with Crippen LogP contribution in [0.25, 0.3) is 0 Å². The maximum Gasteiger partial charge on any atom is 0.0264 e. The maximum atomic E-state index is 3.71. The number of nitrogens with one attached hydrogen (secondary N) is 1. The molecule has 1 N–H and O–H groups in total. The first-order valence-corrected chi connectivity index (χ1v) is 8.10. The molecule has 3 heteroatoms. The SMILES string of the molecule is CCN(CC1CCCCN1)C1CCN2CCCC12. The number of likely N-dealkylation sites (N-methyl/N-ethyl adjacent to an activating group) is 1. The van der Waals surface area contributed by atoms with Gasteiger partial charge in [0.05, 0.1) is 0 Å². The monoisotopic (exact) mass is 251 g/mol. The standard InChI is InChI=1S/C15H29N3/c1-2-17(12-13-6-3-4-9-16-13)15-8-11-18-10-5-7-14(15)18/h13-16H,2-12H2,1H3. The minimum atomic E-state index is 0.758. The van der Waals surface area contributed by atoms with Gasteiger partial charge in [0.2, 0.25) is 0 Å². The summed E-state index contributed by atoms with van der Waals surface area (Å²) in [5.41, 5.74) is 0. The van der Waals surface area contributed by atoms with Crippen LogP contribution in [0.4, 0.5) is 0 Å². The highest BCUT2D eigenvalue weighted by molar-refractivity contribution is 4.97. The minimum absolute atomic E-state index is 0.758. The van der Waals surface area contributed by atoms with Gasteiger partial charge in [0.15, 0.2) is 0 Å². The van der Waals surface area contributed by atoms with Gasteiger partial charge in [0, 0.05) is 31.2 Å². The molecule has 3 rings (SSSR count). The Bertz CT molecular complexity index is 262. The second-order valence-electron chi connectivity index (χ2n) is 6.34. The average Bonchev–Trinajstić information content (AvgIpc) is 3.00. The van der Waals surface area contributed by atoms with Crippen molar-refractivity contribution in [3.63, 3.8) is 0 Å². The molecular formula is C15H29N3. The van der Waals surface area contributed by atoms with E-state index in [2.05, 4.69) is 22.0 Å². The van der Waals surface area contributed by atoms with E-state index >= 15 is 0 Å². The van der Waals surface area contributed by atoms with E-state index in [-0.39, 0.29) is 0 Å². The van der Waals surface area contributed by atoms with Crippen LogP contribution in [0.1, 0.15) is 45.4 Å². The molecule has 0 aromatic rings. The number of rotatable bonds is 4. The van der Waals surface area contributed by atoms with Gasteiger partial charge in [-0.2, -0.15) is 0 Å². The van der Waals surface area contributed by atoms with E-state index in [0.717, 1.165) is 18.1 Å². The van der Waals surface area contributed by atoms with E-state index in [0.29, 0.717) is 0 Å². The van der Waals surface area contributed by atoms with Crippen LogP contribution in [-0.2, 0) is 0 Å². The summed E-state index contributed by atoms with van der Waals surface area (Å²) >= 11 is 0. The van der Waals surface area contributed by atoms with Crippen LogP contribution in [0, 0.1) is 0 Å². The third kappa shape index (κ3) is 2.59. The first-order chi connectivity index (χ1) is 8.88. The second-order valence-corrected chi connectivity index (χ2v) is 6.34. The Hall–Kier alpha value is -0.120. The molecule has 0 aliphatic carbocycles. The van der Waals surface area contributed by atoms with Crippen molar-refractivity contribution in [3.05, 3.63) is 0 Å². The number of piperidine rings is 1. The van der Waals surface area contributed by atoms with Crippen molar-refractivity contribution >= 4 is 0 Å². The molecule has 0 aromatic heterocycles. The summed E-state index contributed by atoms with van der Waals surface area (Å²) in [6, 6.07) is 2.49. The van der Waals surface area contributed by atoms with E-state index in [1.807, 2.05) is 0 Å². The highest BCUT2D eigenvalue weighted by atomic mass is 15.3. The van der Waals surface area contributed by atoms with Gasteiger partial charge in [-0.1, -0.05) is 13.3 Å². The van der Waals surface area contributed by atoms with Gasteiger partial charge >= 0.3 is 0 Å². The predicted molar refractivity (Wildman–Crippen MR) is 75.9 cm³/mol. The lowest BCUT2D eigenvalue weighted by Gasteiger charge is -2.36. The fourth-order valence-electron chi connectivity index (χ4n) is 4.34. The second kappa shape index (κ2) is 5.89. The van der Waals surface area contributed by atoms with E-state index in [1.165, 1.54) is 71.2 Å². The molecule has 3 aliphatic heterocycles. The first kappa shape index (κ1) is 12.9. The van der Waals surface area contributed by atoms with Crippen molar-refractivity contribution < 1.29 is 0 Å². The number of fused-ring (bicyclic) bond motifs is 1. The van der Waals surface area contributed by atoms with Gasteiger partial charge in [-0.05, 0) is 51.7 Å². The summed E-state index contributed by atoms with van der Waals surface area (Å²) in [6.45, 7) is 8.81. The zero-order chi connectivity index (χ0) is 12.4. The molecule has 0 spiro atoms. The highest BCUT2D eigenvalue weighted by Gasteiger charge is 2.40. The van der Waals surface area contributed by atoms with Gasteiger partial charge in [0.1, 0.15) is 0 Å². The Labute approximate surface area is 112 Å². The molecule has 0 radical (unpaired) electrons. The van der Waals surface area contributed by atoms with Crippen LogP contribution in [0.5, 0.6) is 0 Å². The van der Waals surface area contributed by atoms with E-state index in [9.17, 15) is 0 Å². The van der Waals surface area contributed by atoms with Crippen LogP contribution in [-0.4, -0.2) is 60.6 Å². The maximum absolute atomic E-state index is 3.71. The Morgan fingerprint density at radius 2 is 2.06 bits per heavy atom. The molecule has 3 atom stereocenters. The van der Waals surface area contributed by atoms with Crippen LogP contribution in [0.15, 0.2) is 0 Å². The number of hydrogen-bond acceptors (Lipinski definition) is 3. The Balaban J connectivity index is 1.57. The lowest BCUT2D eigenvalue weighted by Crippen LogP contribution is -2.50. The summed E-state index contributed by atoms with van der Waals surface area (Å²) < 4.78 is 0. The highest BCUT2D eigenvalue weighted by Crippen LogP contribution is 2.31. The first-order valence-electron chi connectivity index (χ1n) is 8.10. The smallest absolute Gasteiger partial charge is 0.0264 e. The molecule has 0 amide bonds. The summed E-state index contributed by atoms with van der Waals surface area (Å²) in [5.74, 6) is 0. The molecule has 18 heavy (non-hydrogen) atoms. The van der Waals surface area contributed by atoms with E-state index < -0.39 is 0 Å². The van der Waals surface area contributed by atoms with Crippen LogP contribution in [0.3, 0.4) is 0 Å². The number of nitrogens with zero attached hydrogens (tertiary/aromatic N) is 2. The quantitative estimate of drug-likeness (QED) is 0.820. The number of hydrogen-bond donors (Lipinski definition) is 1. The molecule has 3 heterocycles. The van der Waals surface area contributed by atoms with Gasteiger partial charge < -0.3 is 5.32 Å². The van der Waals surface area contributed by atoms with Crippen LogP contribution in [0.2, 0.25) is 0 Å². The van der Waals surface area contributed by atoms with Gasteiger partial charge in [-0.3, -0.25) is 9.80 Å². The van der Waals surface area contributed by atoms with Gasteiger partial charge in [-0.15, -0.1) is 0 Å². The van der Waals surface area contributed by atoms with Crippen molar-refractivity contribution in [2.75, 3.05) is 32.7 Å². The molecule has 0 bridgehead atoms. The minimum Gasteiger partial charge on any atom is -0.313 e. The molecule has 0 aromatic carbocycles. The van der Waals surface area contributed by atoms with Gasteiger partial charge in [0.25, 0.3) is 0 Å². The lowest BCUT2D eigenvalue weighted by atomic mass is 10.0. The average molecular weight is 251 g/mol. The normalized spacial score (nSPS) is 37.3. The third-order valence-electron chi connectivity index (χ3n) is 5.31. The molecule has 3 fully saturated rings. The summed E-state index contributed by atoms with van der Waals surface area (Å²) in [7, 11) is 0. The van der Waals surface area contributed by atoms with Crippen molar-refractivity contribution in [2.45, 2.75) is 63.6 Å². The Morgan fingerprint density at radius 3 is 2.83 bits per heavy atom. The molecule has 3 nitrogen and oxygen atoms in total. The van der Waals surface area contributed by atoms with Crippen molar-refractivity contribution in [2.24, 2.45) is 0 Å². The largest absolute Gasteiger partial charge is 0.313 e. The lowest BCUT2D eigenvalue weighted by molar-refractivity contribution is 0.144. The summed E-state index contributed by atoms with van der Waals surface area (Å²) in [4.78, 5) is 5.51. The molecule has 104 valence electrons. The summed E-state index contributed by atoms with van der Waals surface area (Å²) in [6.07, 6.45) is 8.47. The van der Waals surface area contributed by atoms with E-state index in [1.54, 1.807) is 0 Å². The fraction of sp³-hybridized carbons (Fsp3) is 1.00. The molecule has 3 unspecified atom stereocenters. The zero-order valence-electron chi connectivity index (χ0n) is 11.9. The molecule has 0 saturated carbocycles. The molecule has 3 aliphatic rings. The van der Waals surface area contributed by atoms with Gasteiger partial charge in [-0.25, -0.2) is 0 Å². The van der Waals surface area contributed by atoms with Crippen molar-refractivity contribution in [1.29, 1.82) is 0 Å². The summed E-state index contributed by atoms with van der Waals surface area (Å²) in [5, 5.41) is 3.71. The fourth-order valence-corrected chi connectivity index (χ4v) is 4.34. The van der Waals surface area contributed by atoms with Crippen molar-refractivity contribution in [1.82, 2.24) is 15.1 Å². The van der Waals surface area contributed by atoms with Crippen LogP contribution >= 0.6 is 0 Å². The Morgan fingerprint density at radius 1 is 1.11 bits per heavy atom. The molecule has 3 saturated heterocycles. The van der Waals surface area contributed by atoms with Crippen molar-refractivity contribution in [3.8, 4) is 0 Å². The molecular weight excluding hydrogens is 222 g/mol.